The topological polar surface area (TPSA) is 27.8 Å². The molecule has 0 fully saturated rings. The fourth-order valence-corrected chi connectivity index (χ4v) is 2.11. The summed E-state index contributed by atoms with van der Waals surface area (Å²) < 4.78 is 0. The van der Waals surface area contributed by atoms with Crippen LogP contribution in [0, 0.1) is 0 Å². The minimum absolute atomic E-state index is 0.985. The number of anilines is 2. The van der Waals surface area contributed by atoms with Gasteiger partial charge in [0.25, 0.3) is 0 Å². The van der Waals surface area contributed by atoms with Crippen molar-refractivity contribution in [3.63, 3.8) is 0 Å². The summed E-state index contributed by atoms with van der Waals surface area (Å²) in [5, 5.41) is 3.34. The minimum Gasteiger partial charge on any atom is -0.342 e. The van der Waals surface area contributed by atoms with Crippen molar-refractivity contribution >= 4 is 17.6 Å². The number of hydrogen-bond donors (Lipinski definition) is 2. The van der Waals surface area contributed by atoms with E-state index in [1.54, 1.807) is 0 Å². The van der Waals surface area contributed by atoms with Crippen LogP contribution in [-0.2, 0) is 0 Å². The largest absolute Gasteiger partial charge is 0.342 e. The SMILES string of the molecule is C=Cc1ccc(-c2ccc(Nc3ccccc3)[nH]2)cc1. The number of benzene rings is 2. The van der Waals surface area contributed by atoms with E-state index < -0.39 is 0 Å². The van der Waals surface area contributed by atoms with Crippen LogP contribution in [0.25, 0.3) is 17.3 Å². The lowest BCUT2D eigenvalue weighted by molar-refractivity contribution is 1.37. The number of aromatic amines is 1. The third-order valence-corrected chi connectivity index (χ3v) is 3.20. The van der Waals surface area contributed by atoms with E-state index in [4.69, 9.17) is 0 Å². The Balaban J connectivity index is 1.80. The summed E-state index contributed by atoms with van der Waals surface area (Å²) >= 11 is 0. The second kappa shape index (κ2) is 5.49. The molecular formula is C18H16N2. The van der Waals surface area contributed by atoms with E-state index in [-0.39, 0.29) is 0 Å². The maximum atomic E-state index is 3.77. The second-order valence-corrected chi connectivity index (χ2v) is 4.60. The highest BCUT2D eigenvalue weighted by molar-refractivity contribution is 5.67. The number of nitrogens with one attached hydrogen (secondary N) is 2. The summed E-state index contributed by atoms with van der Waals surface area (Å²) in [6, 6.07) is 22.6. The lowest BCUT2D eigenvalue weighted by Gasteiger charge is -2.03. The summed E-state index contributed by atoms with van der Waals surface area (Å²) in [6.07, 6.45) is 1.85. The van der Waals surface area contributed by atoms with Crippen LogP contribution >= 0.6 is 0 Å². The van der Waals surface area contributed by atoms with Gasteiger partial charge < -0.3 is 10.3 Å². The van der Waals surface area contributed by atoms with E-state index in [1.165, 1.54) is 0 Å². The summed E-state index contributed by atoms with van der Waals surface area (Å²) in [5.41, 5.74) is 4.46. The van der Waals surface area contributed by atoms with Gasteiger partial charge in [-0.15, -0.1) is 0 Å². The second-order valence-electron chi connectivity index (χ2n) is 4.60. The average Bonchev–Trinajstić information content (AvgIpc) is 2.97. The van der Waals surface area contributed by atoms with Crippen molar-refractivity contribution in [2.45, 2.75) is 0 Å². The van der Waals surface area contributed by atoms with E-state index in [0.717, 1.165) is 28.3 Å². The number of para-hydroxylation sites is 1. The van der Waals surface area contributed by atoms with Gasteiger partial charge in [-0.1, -0.05) is 55.1 Å². The minimum atomic E-state index is 0.985. The van der Waals surface area contributed by atoms with Gasteiger partial charge in [-0.3, -0.25) is 0 Å². The summed E-state index contributed by atoms with van der Waals surface area (Å²) in [4.78, 5) is 3.38. The molecule has 0 bridgehead atoms. The monoisotopic (exact) mass is 260 g/mol. The van der Waals surface area contributed by atoms with Crippen LogP contribution in [-0.4, -0.2) is 4.98 Å². The van der Waals surface area contributed by atoms with Gasteiger partial charge in [0.2, 0.25) is 0 Å². The van der Waals surface area contributed by atoms with Crippen LogP contribution in [0.5, 0.6) is 0 Å². The average molecular weight is 260 g/mol. The van der Waals surface area contributed by atoms with Crippen LogP contribution in [0.4, 0.5) is 11.5 Å². The van der Waals surface area contributed by atoms with Crippen LogP contribution in [0.2, 0.25) is 0 Å². The first-order valence-electron chi connectivity index (χ1n) is 6.59. The zero-order chi connectivity index (χ0) is 13.8. The molecule has 20 heavy (non-hydrogen) atoms. The van der Waals surface area contributed by atoms with Gasteiger partial charge in [-0.05, 0) is 35.4 Å². The molecule has 0 spiro atoms. The summed E-state index contributed by atoms with van der Waals surface area (Å²) in [6.45, 7) is 3.77. The molecule has 2 aromatic carbocycles. The molecule has 0 unspecified atom stereocenters. The summed E-state index contributed by atoms with van der Waals surface area (Å²) in [5.74, 6) is 0.985. The standard InChI is InChI=1S/C18H16N2/c1-2-14-8-10-15(11-9-14)17-12-13-18(20-17)19-16-6-4-3-5-7-16/h2-13,19-20H,1H2. The van der Waals surface area contributed by atoms with Crippen molar-refractivity contribution < 1.29 is 0 Å². The van der Waals surface area contributed by atoms with E-state index in [9.17, 15) is 0 Å². The Morgan fingerprint density at radius 1 is 0.850 bits per heavy atom. The Bertz CT molecular complexity index is 694. The van der Waals surface area contributed by atoms with Crippen molar-refractivity contribution in [2.75, 3.05) is 5.32 Å². The third kappa shape index (κ3) is 2.64. The van der Waals surface area contributed by atoms with Gasteiger partial charge in [0.1, 0.15) is 5.82 Å². The highest BCUT2D eigenvalue weighted by Crippen LogP contribution is 2.23. The van der Waals surface area contributed by atoms with Gasteiger partial charge >= 0.3 is 0 Å². The molecule has 2 nitrogen and oxygen atoms in total. The highest BCUT2D eigenvalue weighted by atomic mass is 15.0. The molecule has 98 valence electrons. The van der Waals surface area contributed by atoms with Crippen molar-refractivity contribution in [3.05, 3.63) is 78.9 Å². The van der Waals surface area contributed by atoms with Gasteiger partial charge in [0.15, 0.2) is 0 Å². The Labute approximate surface area is 118 Å². The maximum absolute atomic E-state index is 3.77. The molecule has 0 saturated carbocycles. The first kappa shape index (κ1) is 12.3. The quantitative estimate of drug-likeness (QED) is 0.673. The fraction of sp³-hybridized carbons (Fsp3) is 0. The third-order valence-electron chi connectivity index (χ3n) is 3.20. The van der Waals surface area contributed by atoms with Crippen LogP contribution in [0.1, 0.15) is 5.56 Å². The molecule has 1 aromatic heterocycles. The number of rotatable bonds is 4. The molecule has 3 aromatic rings. The van der Waals surface area contributed by atoms with E-state index in [0.29, 0.717) is 0 Å². The normalized spacial score (nSPS) is 10.2. The molecule has 0 amide bonds. The number of aromatic nitrogens is 1. The molecule has 3 rings (SSSR count). The molecule has 1 heterocycles. The summed E-state index contributed by atoms with van der Waals surface area (Å²) in [7, 11) is 0. The zero-order valence-electron chi connectivity index (χ0n) is 11.1. The molecule has 0 aliphatic heterocycles. The van der Waals surface area contributed by atoms with E-state index in [2.05, 4.69) is 47.2 Å². The van der Waals surface area contributed by atoms with E-state index in [1.807, 2.05) is 42.5 Å². The van der Waals surface area contributed by atoms with Crippen LogP contribution in [0.15, 0.2) is 73.3 Å². The van der Waals surface area contributed by atoms with Crippen LogP contribution in [0.3, 0.4) is 0 Å². The molecular weight excluding hydrogens is 244 g/mol. The van der Waals surface area contributed by atoms with Crippen molar-refractivity contribution in [1.29, 1.82) is 0 Å². The maximum Gasteiger partial charge on any atom is 0.108 e. The van der Waals surface area contributed by atoms with Gasteiger partial charge in [-0.25, -0.2) is 0 Å². The molecule has 0 atom stereocenters. The molecule has 0 saturated heterocycles. The van der Waals surface area contributed by atoms with Gasteiger partial charge in [0.05, 0.1) is 0 Å². The van der Waals surface area contributed by atoms with Crippen molar-refractivity contribution in [3.8, 4) is 11.3 Å². The predicted octanol–water partition coefficient (Wildman–Crippen LogP) is 5.07. The van der Waals surface area contributed by atoms with Gasteiger partial charge in [-0.2, -0.15) is 0 Å². The molecule has 2 N–H and O–H groups in total. The molecule has 2 heteroatoms. The molecule has 0 aliphatic carbocycles. The van der Waals surface area contributed by atoms with Crippen LogP contribution < -0.4 is 5.32 Å². The zero-order valence-corrected chi connectivity index (χ0v) is 11.1. The Hall–Kier alpha value is -2.74. The highest BCUT2D eigenvalue weighted by Gasteiger charge is 2.01. The number of H-pyrrole nitrogens is 1. The Morgan fingerprint density at radius 3 is 2.30 bits per heavy atom. The van der Waals surface area contributed by atoms with Crippen molar-refractivity contribution in [1.82, 2.24) is 4.98 Å². The number of hydrogen-bond acceptors (Lipinski definition) is 1. The Morgan fingerprint density at radius 2 is 1.60 bits per heavy atom. The first-order valence-corrected chi connectivity index (χ1v) is 6.59. The Kier molecular flexibility index (Phi) is 3.38. The fourth-order valence-electron chi connectivity index (χ4n) is 2.11. The predicted molar refractivity (Wildman–Crippen MR) is 86.0 cm³/mol. The molecule has 0 aliphatic rings. The van der Waals surface area contributed by atoms with Gasteiger partial charge in [0, 0.05) is 11.4 Å². The lowest BCUT2D eigenvalue weighted by Crippen LogP contribution is -1.89. The van der Waals surface area contributed by atoms with Crippen molar-refractivity contribution in [2.24, 2.45) is 0 Å². The smallest absolute Gasteiger partial charge is 0.108 e. The lowest BCUT2D eigenvalue weighted by atomic mass is 10.1. The van der Waals surface area contributed by atoms with E-state index >= 15 is 0 Å². The molecule has 0 radical (unpaired) electrons. The first-order chi connectivity index (χ1) is 9.85.